The third-order valence-corrected chi connectivity index (χ3v) is 4.16. The third-order valence-electron chi connectivity index (χ3n) is 4.16. The van der Waals surface area contributed by atoms with Gasteiger partial charge >= 0.3 is 5.97 Å². The Kier molecular flexibility index (Phi) is 7.24. The fourth-order valence-corrected chi connectivity index (χ4v) is 2.74. The predicted octanol–water partition coefficient (Wildman–Crippen LogP) is -0.415. The van der Waals surface area contributed by atoms with Crippen LogP contribution in [0.15, 0.2) is 23.4 Å². The molecule has 2 amide bonds. The maximum Gasteiger partial charge on any atom is 0.329 e. The number of hydrogen-bond donors (Lipinski definition) is 3. The summed E-state index contributed by atoms with van der Waals surface area (Å²) < 4.78 is 5.25. The monoisotopic (exact) mass is 377 g/mol. The van der Waals surface area contributed by atoms with Gasteiger partial charge in [-0.05, 0) is 31.9 Å². The van der Waals surface area contributed by atoms with Crippen LogP contribution in [0.3, 0.4) is 0 Å². The Morgan fingerprint density at radius 2 is 2.15 bits per heavy atom. The number of rotatable bonds is 7. The molecule has 10 heteroatoms. The van der Waals surface area contributed by atoms with Gasteiger partial charge in [-0.25, -0.2) is 4.79 Å². The van der Waals surface area contributed by atoms with E-state index in [1.165, 1.54) is 18.5 Å². The first-order valence-electron chi connectivity index (χ1n) is 8.53. The fourth-order valence-electron chi connectivity index (χ4n) is 2.74. The van der Waals surface area contributed by atoms with Crippen LogP contribution < -0.4 is 11.2 Å². The summed E-state index contributed by atoms with van der Waals surface area (Å²) >= 11 is 0. The van der Waals surface area contributed by atoms with Gasteiger partial charge in [0, 0.05) is 24.8 Å². The summed E-state index contributed by atoms with van der Waals surface area (Å²) in [5.74, 6) is 3.39. The Hall–Kier alpha value is -3.01. The van der Waals surface area contributed by atoms with Crippen molar-refractivity contribution < 1.29 is 24.2 Å². The van der Waals surface area contributed by atoms with Crippen molar-refractivity contribution in [2.24, 2.45) is 10.9 Å². The maximum atomic E-state index is 12.5. The molecule has 1 saturated heterocycles. The lowest BCUT2D eigenvalue weighted by Gasteiger charge is -2.33. The first-order valence-corrected chi connectivity index (χ1v) is 8.53. The van der Waals surface area contributed by atoms with Crippen molar-refractivity contribution in [1.82, 2.24) is 15.2 Å². The van der Waals surface area contributed by atoms with Crippen molar-refractivity contribution in [2.75, 3.05) is 19.7 Å². The van der Waals surface area contributed by atoms with E-state index in [9.17, 15) is 14.4 Å². The molecule has 1 aliphatic heterocycles. The van der Waals surface area contributed by atoms with Gasteiger partial charge in [0.15, 0.2) is 0 Å². The number of nitrogens with zero attached hydrogens (tertiary/aromatic N) is 3. The van der Waals surface area contributed by atoms with Crippen molar-refractivity contribution >= 4 is 24.0 Å². The van der Waals surface area contributed by atoms with Crippen molar-refractivity contribution in [1.29, 1.82) is 0 Å². The molecule has 0 aromatic carbocycles. The quantitative estimate of drug-likeness (QED) is 0.332. The number of amides is 2. The molecule has 0 saturated carbocycles. The minimum Gasteiger partial charge on any atom is -0.480 e. The summed E-state index contributed by atoms with van der Waals surface area (Å²) in [6.07, 6.45) is 3.82. The van der Waals surface area contributed by atoms with Crippen LogP contribution in [-0.2, 0) is 14.3 Å². The van der Waals surface area contributed by atoms with Gasteiger partial charge in [0.1, 0.15) is 18.3 Å². The minimum absolute atomic E-state index is 0.171. The van der Waals surface area contributed by atoms with Gasteiger partial charge in [0.05, 0.1) is 12.3 Å². The molecule has 0 aliphatic carbocycles. The molecular weight excluding hydrogens is 354 g/mol. The van der Waals surface area contributed by atoms with Gasteiger partial charge in [-0.1, -0.05) is 0 Å². The van der Waals surface area contributed by atoms with Crippen molar-refractivity contribution in [3.05, 3.63) is 29.6 Å². The number of aromatic nitrogens is 1. The van der Waals surface area contributed by atoms with E-state index in [1.54, 1.807) is 17.9 Å². The van der Waals surface area contributed by atoms with Crippen LogP contribution in [0.1, 0.15) is 35.8 Å². The highest BCUT2D eigenvalue weighted by Gasteiger charge is 2.27. The molecule has 1 fully saturated rings. The van der Waals surface area contributed by atoms with Gasteiger partial charge < -0.3 is 25.9 Å². The van der Waals surface area contributed by atoms with Gasteiger partial charge in [0.25, 0.3) is 5.91 Å². The number of pyridine rings is 1. The lowest BCUT2D eigenvalue weighted by atomic mass is 10.1. The third kappa shape index (κ3) is 6.03. The van der Waals surface area contributed by atoms with E-state index < -0.39 is 17.9 Å². The molecule has 1 aromatic rings. The second kappa shape index (κ2) is 9.62. The molecule has 10 nitrogen and oxygen atoms in total. The average molecular weight is 377 g/mol. The van der Waals surface area contributed by atoms with Crippen LogP contribution >= 0.6 is 0 Å². The minimum atomic E-state index is -1.01. The number of carbonyl (C=O) groups is 3. The van der Waals surface area contributed by atoms with E-state index in [-0.39, 0.29) is 24.3 Å². The Morgan fingerprint density at radius 3 is 2.70 bits per heavy atom. The normalized spacial score (nSPS) is 16.3. The fraction of sp³-hybridized carbons (Fsp3) is 0.471. The SMILES string of the molecule is C[C@H](NC(=O)c1ccc(/C=N/N)cn1)C(=O)N1CCC(OCC(=O)O)CC1. The smallest absolute Gasteiger partial charge is 0.329 e. The van der Waals surface area contributed by atoms with E-state index in [4.69, 9.17) is 15.7 Å². The van der Waals surface area contributed by atoms with Crippen LogP contribution in [-0.4, -0.2) is 70.8 Å². The number of carbonyl (C=O) groups excluding carboxylic acids is 2. The highest BCUT2D eigenvalue weighted by atomic mass is 16.5. The summed E-state index contributed by atoms with van der Waals surface area (Å²) in [7, 11) is 0. The van der Waals surface area contributed by atoms with Crippen LogP contribution in [0, 0.1) is 0 Å². The van der Waals surface area contributed by atoms with E-state index >= 15 is 0 Å². The summed E-state index contributed by atoms with van der Waals surface area (Å²) in [6, 6.07) is 2.46. The zero-order valence-corrected chi connectivity index (χ0v) is 15.0. The van der Waals surface area contributed by atoms with Crippen molar-refractivity contribution in [3.63, 3.8) is 0 Å². The maximum absolute atomic E-state index is 12.5. The topological polar surface area (TPSA) is 147 Å². The number of piperidine rings is 1. The second-order valence-electron chi connectivity index (χ2n) is 6.18. The lowest BCUT2D eigenvalue weighted by molar-refractivity contribution is -0.147. The van der Waals surface area contributed by atoms with E-state index in [0.717, 1.165) is 0 Å². The van der Waals surface area contributed by atoms with Crippen molar-refractivity contribution in [2.45, 2.75) is 31.9 Å². The molecule has 0 unspecified atom stereocenters. The first kappa shape index (κ1) is 20.3. The Morgan fingerprint density at radius 1 is 1.44 bits per heavy atom. The number of hydrogen-bond acceptors (Lipinski definition) is 7. The molecule has 2 rings (SSSR count). The zero-order chi connectivity index (χ0) is 19.8. The molecule has 4 N–H and O–H groups in total. The molecule has 1 atom stereocenters. The number of carboxylic acids is 1. The number of carboxylic acid groups (broad SMARTS) is 1. The number of aliphatic carboxylic acids is 1. The molecule has 0 radical (unpaired) electrons. The van der Waals surface area contributed by atoms with Gasteiger partial charge in [-0.15, -0.1) is 0 Å². The van der Waals surface area contributed by atoms with Gasteiger partial charge in [-0.2, -0.15) is 5.10 Å². The molecule has 1 aliphatic rings. The van der Waals surface area contributed by atoms with E-state index in [0.29, 0.717) is 31.5 Å². The molecule has 2 heterocycles. The summed E-state index contributed by atoms with van der Waals surface area (Å²) in [5.41, 5.74) is 0.843. The predicted molar refractivity (Wildman–Crippen MR) is 96.1 cm³/mol. The summed E-state index contributed by atoms with van der Waals surface area (Å²) in [5, 5.41) is 14.6. The molecule has 146 valence electrons. The number of likely N-dealkylation sites (tertiary alicyclic amines) is 1. The highest BCUT2D eigenvalue weighted by Crippen LogP contribution is 2.14. The van der Waals surface area contributed by atoms with E-state index in [2.05, 4.69) is 15.4 Å². The lowest BCUT2D eigenvalue weighted by Crippen LogP contribution is -2.50. The second-order valence-corrected chi connectivity index (χ2v) is 6.18. The van der Waals surface area contributed by atoms with Crippen molar-refractivity contribution in [3.8, 4) is 0 Å². The highest BCUT2D eigenvalue weighted by molar-refractivity contribution is 5.96. The van der Waals surface area contributed by atoms with Crippen LogP contribution in [0.2, 0.25) is 0 Å². The first-order chi connectivity index (χ1) is 12.9. The molecule has 1 aromatic heterocycles. The number of nitrogens with one attached hydrogen (secondary N) is 1. The number of nitrogens with two attached hydrogens (primary N) is 1. The summed E-state index contributed by atoms with van der Waals surface area (Å²) in [6.45, 7) is 2.18. The zero-order valence-electron chi connectivity index (χ0n) is 15.0. The largest absolute Gasteiger partial charge is 0.480 e. The van der Waals surface area contributed by atoms with Gasteiger partial charge in [0.2, 0.25) is 5.91 Å². The number of hydrazone groups is 1. The van der Waals surface area contributed by atoms with Crippen LogP contribution in [0.25, 0.3) is 0 Å². The Labute approximate surface area is 156 Å². The molecule has 0 bridgehead atoms. The van der Waals surface area contributed by atoms with E-state index in [1.807, 2.05) is 0 Å². The summed E-state index contributed by atoms with van der Waals surface area (Å²) in [4.78, 5) is 40.9. The van der Waals surface area contributed by atoms with Crippen LogP contribution in [0.4, 0.5) is 0 Å². The standard InChI is InChI=1S/C17H23N5O5/c1-11(21-16(25)14-3-2-12(8-19-14)9-20-18)17(26)22-6-4-13(5-7-22)27-10-15(23)24/h2-3,8-9,11,13H,4-7,10,18H2,1H3,(H,21,25)(H,23,24)/b20-9+/t11-/m0/s1. The van der Waals surface area contributed by atoms with Crippen LogP contribution in [0.5, 0.6) is 0 Å². The molecule has 27 heavy (non-hydrogen) atoms. The Bertz CT molecular complexity index is 698. The Balaban J connectivity index is 1.83. The number of ether oxygens (including phenoxy) is 1. The molecule has 0 spiro atoms. The average Bonchev–Trinajstić information content (AvgIpc) is 2.67. The van der Waals surface area contributed by atoms with Gasteiger partial charge in [-0.3, -0.25) is 14.6 Å². The molecular formula is C17H23N5O5.